The average Bonchev–Trinajstić information content (AvgIpc) is 2.88. The van der Waals surface area contributed by atoms with Crippen LogP contribution in [-0.4, -0.2) is 23.4 Å². The summed E-state index contributed by atoms with van der Waals surface area (Å²) in [6, 6.07) is 9.90. The van der Waals surface area contributed by atoms with E-state index in [1.807, 2.05) is 41.2 Å². The number of ether oxygens (including phenoxy) is 1. The van der Waals surface area contributed by atoms with Crippen LogP contribution in [0, 0.1) is 0 Å². The zero-order valence-corrected chi connectivity index (χ0v) is 10.9. The highest BCUT2D eigenvalue weighted by atomic mass is 16.5. The minimum atomic E-state index is 0.816. The molecular formula is C14H19N3O. The second kappa shape index (κ2) is 6.21. The van der Waals surface area contributed by atoms with Crippen LogP contribution in [0.4, 0.5) is 0 Å². The second-order valence-electron chi connectivity index (χ2n) is 4.13. The van der Waals surface area contributed by atoms with E-state index in [0.717, 1.165) is 36.6 Å². The van der Waals surface area contributed by atoms with E-state index in [1.165, 1.54) is 0 Å². The molecule has 0 unspecified atom stereocenters. The molecule has 2 aromatic rings. The van der Waals surface area contributed by atoms with E-state index < -0.39 is 0 Å². The van der Waals surface area contributed by atoms with Crippen molar-refractivity contribution in [3.63, 3.8) is 0 Å². The third kappa shape index (κ3) is 3.11. The molecular weight excluding hydrogens is 226 g/mol. The molecule has 0 atom stereocenters. The van der Waals surface area contributed by atoms with Crippen LogP contribution in [0.3, 0.4) is 0 Å². The van der Waals surface area contributed by atoms with Crippen molar-refractivity contribution in [1.29, 1.82) is 0 Å². The van der Waals surface area contributed by atoms with Gasteiger partial charge in [-0.25, -0.2) is 4.68 Å². The maximum absolute atomic E-state index is 5.14. The largest absolute Gasteiger partial charge is 0.497 e. The van der Waals surface area contributed by atoms with Gasteiger partial charge in [-0.2, -0.15) is 5.10 Å². The number of nitrogens with zero attached hydrogens (tertiary/aromatic N) is 2. The molecule has 1 aromatic carbocycles. The maximum atomic E-state index is 5.14. The molecule has 1 heterocycles. The zero-order chi connectivity index (χ0) is 12.8. The second-order valence-corrected chi connectivity index (χ2v) is 4.13. The summed E-state index contributed by atoms with van der Waals surface area (Å²) in [6.45, 7) is 4.00. The van der Waals surface area contributed by atoms with Crippen LogP contribution < -0.4 is 10.1 Å². The summed E-state index contributed by atoms with van der Waals surface area (Å²) < 4.78 is 7.01. The molecule has 0 bridgehead atoms. The van der Waals surface area contributed by atoms with Gasteiger partial charge in [-0.05, 0) is 43.3 Å². The van der Waals surface area contributed by atoms with Crippen molar-refractivity contribution in [3.05, 3.63) is 42.2 Å². The molecule has 0 saturated carbocycles. The van der Waals surface area contributed by atoms with Crippen molar-refractivity contribution >= 4 is 0 Å². The SMILES string of the molecule is CCCNCc1ccn(-c2ccc(OC)cc2)n1. The molecule has 4 heteroatoms. The highest BCUT2D eigenvalue weighted by molar-refractivity contribution is 5.36. The van der Waals surface area contributed by atoms with Gasteiger partial charge < -0.3 is 10.1 Å². The third-order valence-corrected chi connectivity index (χ3v) is 2.71. The Morgan fingerprint density at radius 3 is 2.67 bits per heavy atom. The van der Waals surface area contributed by atoms with Gasteiger partial charge in [-0.15, -0.1) is 0 Å². The van der Waals surface area contributed by atoms with E-state index in [2.05, 4.69) is 17.3 Å². The Bertz CT molecular complexity index is 476. The number of hydrogen-bond acceptors (Lipinski definition) is 3. The van der Waals surface area contributed by atoms with Crippen LogP contribution in [0.25, 0.3) is 5.69 Å². The molecule has 18 heavy (non-hydrogen) atoms. The first-order valence-electron chi connectivity index (χ1n) is 6.23. The fraction of sp³-hybridized carbons (Fsp3) is 0.357. The van der Waals surface area contributed by atoms with Crippen molar-refractivity contribution in [1.82, 2.24) is 15.1 Å². The number of hydrogen-bond donors (Lipinski definition) is 1. The molecule has 0 aliphatic rings. The predicted octanol–water partition coefficient (Wildman–Crippen LogP) is 2.38. The molecule has 1 aromatic heterocycles. The number of methoxy groups -OCH3 is 1. The minimum absolute atomic E-state index is 0.816. The number of aromatic nitrogens is 2. The Morgan fingerprint density at radius 2 is 2.00 bits per heavy atom. The summed E-state index contributed by atoms with van der Waals surface area (Å²) >= 11 is 0. The number of benzene rings is 1. The monoisotopic (exact) mass is 245 g/mol. The Kier molecular flexibility index (Phi) is 4.36. The van der Waals surface area contributed by atoms with Gasteiger partial charge in [0.2, 0.25) is 0 Å². The Labute approximate surface area is 108 Å². The molecule has 0 amide bonds. The molecule has 0 radical (unpaired) electrons. The average molecular weight is 245 g/mol. The lowest BCUT2D eigenvalue weighted by molar-refractivity contribution is 0.414. The first-order valence-corrected chi connectivity index (χ1v) is 6.23. The van der Waals surface area contributed by atoms with Gasteiger partial charge in [-0.1, -0.05) is 6.92 Å². The molecule has 96 valence electrons. The lowest BCUT2D eigenvalue weighted by atomic mass is 10.3. The van der Waals surface area contributed by atoms with Crippen LogP contribution in [0.15, 0.2) is 36.5 Å². The van der Waals surface area contributed by atoms with Crippen molar-refractivity contribution in [2.45, 2.75) is 19.9 Å². The Balaban J connectivity index is 2.04. The number of nitrogens with one attached hydrogen (secondary N) is 1. The van der Waals surface area contributed by atoms with Crippen LogP contribution in [0.5, 0.6) is 5.75 Å². The topological polar surface area (TPSA) is 39.1 Å². The van der Waals surface area contributed by atoms with Crippen LogP contribution in [-0.2, 0) is 6.54 Å². The van der Waals surface area contributed by atoms with Crippen molar-refractivity contribution < 1.29 is 4.74 Å². The molecule has 4 nitrogen and oxygen atoms in total. The van der Waals surface area contributed by atoms with E-state index >= 15 is 0 Å². The lowest BCUT2D eigenvalue weighted by Crippen LogP contribution is -2.14. The predicted molar refractivity (Wildman–Crippen MR) is 72.1 cm³/mol. The van der Waals surface area contributed by atoms with Crippen LogP contribution in [0.2, 0.25) is 0 Å². The van der Waals surface area contributed by atoms with E-state index in [-0.39, 0.29) is 0 Å². The summed E-state index contributed by atoms with van der Waals surface area (Å²) in [5.41, 5.74) is 2.09. The molecule has 2 rings (SSSR count). The van der Waals surface area contributed by atoms with E-state index in [4.69, 9.17) is 4.74 Å². The van der Waals surface area contributed by atoms with E-state index in [9.17, 15) is 0 Å². The highest BCUT2D eigenvalue weighted by Gasteiger charge is 2.01. The number of rotatable bonds is 6. The smallest absolute Gasteiger partial charge is 0.119 e. The van der Waals surface area contributed by atoms with Crippen molar-refractivity contribution in [3.8, 4) is 11.4 Å². The van der Waals surface area contributed by atoms with Crippen molar-refractivity contribution in [2.75, 3.05) is 13.7 Å². The highest BCUT2D eigenvalue weighted by Crippen LogP contribution is 2.14. The molecule has 0 fully saturated rings. The molecule has 1 N–H and O–H groups in total. The van der Waals surface area contributed by atoms with Gasteiger partial charge in [0.05, 0.1) is 18.5 Å². The van der Waals surface area contributed by atoms with Crippen LogP contribution >= 0.6 is 0 Å². The molecule has 0 aliphatic heterocycles. The minimum Gasteiger partial charge on any atom is -0.497 e. The van der Waals surface area contributed by atoms with Gasteiger partial charge in [0.1, 0.15) is 5.75 Å². The summed E-state index contributed by atoms with van der Waals surface area (Å²) in [7, 11) is 1.67. The standard InChI is InChI=1S/C14H19N3O/c1-3-9-15-11-12-8-10-17(16-12)13-4-6-14(18-2)7-5-13/h4-8,10,15H,3,9,11H2,1-2H3. The Hall–Kier alpha value is -1.81. The first-order chi connectivity index (χ1) is 8.83. The molecule has 0 saturated heterocycles. The summed E-state index contributed by atoms with van der Waals surface area (Å²) in [5.74, 6) is 0.857. The quantitative estimate of drug-likeness (QED) is 0.794. The van der Waals surface area contributed by atoms with Gasteiger partial charge in [0.25, 0.3) is 0 Å². The molecule has 0 aliphatic carbocycles. The van der Waals surface area contributed by atoms with E-state index in [1.54, 1.807) is 7.11 Å². The summed E-state index contributed by atoms with van der Waals surface area (Å²) in [5, 5.41) is 7.86. The van der Waals surface area contributed by atoms with Gasteiger partial charge in [-0.3, -0.25) is 0 Å². The lowest BCUT2D eigenvalue weighted by Gasteiger charge is -2.03. The third-order valence-electron chi connectivity index (χ3n) is 2.71. The zero-order valence-electron chi connectivity index (χ0n) is 10.9. The molecule has 0 spiro atoms. The fourth-order valence-corrected chi connectivity index (χ4v) is 1.73. The van der Waals surface area contributed by atoms with E-state index in [0.29, 0.717) is 0 Å². The first kappa shape index (κ1) is 12.6. The van der Waals surface area contributed by atoms with Crippen LogP contribution in [0.1, 0.15) is 19.0 Å². The maximum Gasteiger partial charge on any atom is 0.119 e. The summed E-state index contributed by atoms with van der Waals surface area (Å²) in [6.07, 6.45) is 3.12. The normalized spacial score (nSPS) is 10.6. The van der Waals surface area contributed by atoms with Gasteiger partial charge >= 0.3 is 0 Å². The fourth-order valence-electron chi connectivity index (χ4n) is 1.73. The van der Waals surface area contributed by atoms with Gasteiger partial charge in [0, 0.05) is 12.7 Å². The van der Waals surface area contributed by atoms with Crippen molar-refractivity contribution in [2.24, 2.45) is 0 Å². The summed E-state index contributed by atoms with van der Waals surface area (Å²) in [4.78, 5) is 0. The van der Waals surface area contributed by atoms with Gasteiger partial charge in [0.15, 0.2) is 0 Å². The Morgan fingerprint density at radius 1 is 1.22 bits per heavy atom.